The Balaban J connectivity index is 2.33. The summed E-state index contributed by atoms with van der Waals surface area (Å²) in [7, 11) is 0. The van der Waals surface area contributed by atoms with Crippen LogP contribution in [0.25, 0.3) is 0 Å². The Morgan fingerprint density at radius 3 is 2.36 bits per heavy atom. The lowest BCUT2D eigenvalue weighted by Crippen LogP contribution is -2.47. The second-order valence-electron chi connectivity index (χ2n) is 5.87. The summed E-state index contributed by atoms with van der Waals surface area (Å²) in [4.78, 5) is 0. The monoisotopic (exact) mass is 196 g/mol. The van der Waals surface area contributed by atoms with Crippen LogP contribution < -0.4 is 0 Å². The average Bonchev–Trinajstić information content (AvgIpc) is 2.17. The van der Waals surface area contributed by atoms with E-state index in [9.17, 15) is 0 Å². The second-order valence-corrected chi connectivity index (χ2v) is 5.87. The molecule has 1 aliphatic carbocycles. The lowest BCUT2D eigenvalue weighted by Gasteiger charge is -2.55. The molecule has 0 aromatic rings. The van der Waals surface area contributed by atoms with Gasteiger partial charge in [0.15, 0.2) is 0 Å². The van der Waals surface area contributed by atoms with Crippen LogP contribution in [0.3, 0.4) is 0 Å². The third-order valence-electron chi connectivity index (χ3n) is 5.02. The van der Waals surface area contributed by atoms with E-state index in [1.807, 2.05) is 0 Å². The van der Waals surface area contributed by atoms with Crippen molar-refractivity contribution >= 4 is 0 Å². The Morgan fingerprint density at radius 2 is 1.93 bits per heavy atom. The fourth-order valence-electron chi connectivity index (χ4n) is 3.23. The summed E-state index contributed by atoms with van der Waals surface area (Å²) in [5.41, 5.74) is 0.660. The minimum absolute atomic E-state index is 0.660. The van der Waals surface area contributed by atoms with Crippen LogP contribution in [0.15, 0.2) is 0 Å². The smallest absolute Gasteiger partial charge is 0.0269 e. The molecular formula is C14H28. The zero-order valence-corrected chi connectivity index (χ0v) is 10.8. The third-order valence-corrected chi connectivity index (χ3v) is 5.02. The molecule has 1 aliphatic rings. The van der Waals surface area contributed by atoms with E-state index in [-0.39, 0.29) is 0 Å². The van der Waals surface area contributed by atoms with Gasteiger partial charge in [0.1, 0.15) is 0 Å². The summed E-state index contributed by atoms with van der Waals surface area (Å²) in [6.45, 7) is 12.1. The highest BCUT2D eigenvalue weighted by Crippen LogP contribution is 2.56. The van der Waals surface area contributed by atoms with E-state index in [1.54, 1.807) is 0 Å². The average molecular weight is 196 g/mol. The molecule has 0 bridgehead atoms. The van der Waals surface area contributed by atoms with Gasteiger partial charge in [-0.3, -0.25) is 0 Å². The quantitative estimate of drug-likeness (QED) is 0.549. The van der Waals surface area contributed by atoms with Crippen LogP contribution >= 0.6 is 0 Å². The Morgan fingerprint density at radius 1 is 1.29 bits per heavy atom. The van der Waals surface area contributed by atoms with Gasteiger partial charge in [0.05, 0.1) is 0 Å². The van der Waals surface area contributed by atoms with Gasteiger partial charge < -0.3 is 0 Å². The Bertz CT molecular complexity index is 173. The van der Waals surface area contributed by atoms with Crippen LogP contribution in [-0.4, -0.2) is 0 Å². The molecule has 0 heteroatoms. The Hall–Kier alpha value is 0. The van der Waals surface area contributed by atoms with Gasteiger partial charge in [-0.1, -0.05) is 60.3 Å². The molecule has 0 radical (unpaired) electrons. The minimum Gasteiger partial charge on any atom is -0.0654 e. The second kappa shape index (κ2) is 4.68. The molecule has 14 heavy (non-hydrogen) atoms. The molecule has 1 fully saturated rings. The van der Waals surface area contributed by atoms with Crippen LogP contribution in [0.2, 0.25) is 0 Å². The Kier molecular flexibility index (Phi) is 4.04. The minimum atomic E-state index is 0.660. The number of rotatable bonds is 5. The summed E-state index contributed by atoms with van der Waals surface area (Å²) in [5, 5.41) is 0. The predicted molar refractivity (Wildman–Crippen MR) is 64.4 cm³/mol. The zero-order chi connectivity index (χ0) is 10.8. The van der Waals surface area contributed by atoms with Crippen molar-refractivity contribution < 1.29 is 0 Å². The Labute approximate surface area is 90.5 Å². The molecule has 0 saturated heterocycles. The van der Waals surface area contributed by atoms with E-state index in [0.29, 0.717) is 5.41 Å². The van der Waals surface area contributed by atoms with E-state index < -0.39 is 0 Å². The van der Waals surface area contributed by atoms with Crippen molar-refractivity contribution in [2.75, 3.05) is 0 Å². The summed E-state index contributed by atoms with van der Waals surface area (Å²) in [6, 6.07) is 0. The molecule has 0 spiro atoms. The highest BCUT2D eigenvalue weighted by molar-refractivity contribution is 4.97. The molecule has 1 saturated carbocycles. The first-order chi connectivity index (χ1) is 6.52. The standard InChI is InChI=1S/C14H28/c1-6-7-8-9-12(3)14(5)10-11(2)13(14)4/h11-13H,6-10H2,1-5H3. The molecular weight excluding hydrogens is 168 g/mol. The van der Waals surface area contributed by atoms with Gasteiger partial charge in [-0.15, -0.1) is 0 Å². The van der Waals surface area contributed by atoms with Crippen LogP contribution in [0.1, 0.15) is 66.7 Å². The van der Waals surface area contributed by atoms with E-state index in [2.05, 4.69) is 34.6 Å². The molecule has 0 aliphatic heterocycles. The first kappa shape index (κ1) is 12.1. The maximum absolute atomic E-state index is 2.51. The van der Waals surface area contributed by atoms with Crippen LogP contribution in [-0.2, 0) is 0 Å². The lowest BCUT2D eigenvalue weighted by atomic mass is 9.50. The SMILES string of the molecule is CCCCCC(C)C1(C)CC(C)C1C. The van der Waals surface area contributed by atoms with Gasteiger partial charge in [-0.25, -0.2) is 0 Å². The highest BCUT2D eigenvalue weighted by atomic mass is 14.5. The molecule has 84 valence electrons. The van der Waals surface area contributed by atoms with E-state index >= 15 is 0 Å². The van der Waals surface area contributed by atoms with Crippen molar-refractivity contribution in [1.82, 2.24) is 0 Å². The van der Waals surface area contributed by atoms with Crippen LogP contribution in [0.5, 0.6) is 0 Å². The molecule has 0 aromatic heterocycles. The van der Waals surface area contributed by atoms with Crippen molar-refractivity contribution in [2.45, 2.75) is 66.7 Å². The molecule has 4 unspecified atom stereocenters. The number of unbranched alkanes of at least 4 members (excludes halogenated alkanes) is 2. The summed E-state index contributed by atoms with van der Waals surface area (Å²) in [6.07, 6.45) is 7.12. The molecule has 0 amide bonds. The predicted octanol–water partition coefficient (Wildman–Crippen LogP) is 4.89. The molecule has 0 aromatic carbocycles. The van der Waals surface area contributed by atoms with Gasteiger partial charge >= 0.3 is 0 Å². The van der Waals surface area contributed by atoms with Crippen molar-refractivity contribution in [1.29, 1.82) is 0 Å². The fourth-order valence-corrected chi connectivity index (χ4v) is 3.23. The normalized spacial score (nSPS) is 39.2. The van der Waals surface area contributed by atoms with E-state index in [1.165, 1.54) is 32.1 Å². The maximum Gasteiger partial charge on any atom is -0.0269 e. The topological polar surface area (TPSA) is 0 Å². The highest BCUT2D eigenvalue weighted by Gasteiger charge is 2.47. The summed E-state index contributed by atoms with van der Waals surface area (Å²) >= 11 is 0. The van der Waals surface area contributed by atoms with Crippen molar-refractivity contribution in [2.24, 2.45) is 23.2 Å². The largest absolute Gasteiger partial charge is 0.0654 e. The summed E-state index contributed by atoms with van der Waals surface area (Å²) < 4.78 is 0. The number of hydrogen-bond donors (Lipinski definition) is 0. The van der Waals surface area contributed by atoms with Crippen LogP contribution in [0.4, 0.5) is 0 Å². The van der Waals surface area contributed by atoms with Crippen molar-refractivity contribution in [3.8, 4) is 0 Å². The zero-order valence-electron chi connectivity index (χ0n) is 10.8. The van der Waals surface area contributed by atoms with Gasteiger partial charge in [-0.2, -0.15) is 0 Å². The molecule has 0 nitrogen and oxygen atoms in total. The fraction of sp³-hybridized carbons (Fsp3) is 1.00. The summed E-state index contributed by atoms with van der Waals surface area (Å²) in [5.74, 6) is 2.84. The first-order valence-corrected chi connectivity index (χ1v) is 6.52. The molecule has 0 heterocycles. The van der Waals surface area contributed by atoms with Gasteiger partial charge in [0.25, 0.3) is 0 Å². The van der Waals surface area contributed by atoms with Gasteiger partial charge in [0.2, 0.25) is 0 Å². The van der Waals surface area contributed by atoms with Crippen LogP contribution in [0, 0.1) is 23.2 Å². The maximum atomic E-state index is 2.51. The molecule has 1 rings (SSSR count). The van der Waals surface area contributed by atoms with Crippen molar-refractivity contribution in [3.63, 3.8) is 0 Å². The third kappa shape index (κ3) is 2.15. The number of hydrogen-bond acceptors (Lipinski definition) is 0. The molecule has 4 atom stereocenters. The van der Waals surface area contributed by atoms with Gasteiger partial charge in [-0.05, 0) is 29.6 Å². The van der Waals surface area contributed by atoms with Gasteiger partial charge in [0, 0.05) is 0 Å². The lowest BCUT2D eigenvalue weighted by molar-refractivity contribution is -0.0541. The van der Waals surface area contributed by atoms with E-state index in [4.69, 9.17) is 0 Å². The molecule has 0 N–H and O–H groups in total. The van der Waals surface area contributed by atoms with Crippen molar-refractivity contribution in [3.05, 3.63) is 0 Å². The first-order valence-electron chi connectivity index (χ1n) is 6.52. The van der Waals surface area contributed by atoms with E-state index in [0.717, 1.165) is 17.8 Å².